The number of hydrogen-bond acceptors (Lipinski definition) is 2. The van der Waals surface area contributed by atoms with Crippen molar-refractivity contribution in [3.05, 3.63) is 0 Å². The van der Waals surface area contributed by atoms with Crippen LogP contribution in [0.5, 0.6) is 0 Å². The number of nitrogens with zero attached hydrogens (tertiary/aromatic N) is 1. The molecule has 0 aromatic heterocycles. The van der Waals surface area contributed by atoms with Gasteiger partial charge in [0.15, 0.2) is 0 Å². The van der Waals surface area contributed by atoms with Crippen LogP contribution in [-0.4, -0.2) is 34.7 Å². The second kappa shape index (κ2) is 4.42. The van der Waals surface area contributed by atoms with Gasteiger partial charge in [0.2, 0.25) is 0 Å². The molecule has 0 radical (unpaired) electrons. The van der Waals surface area contributed by atoms with E-state index in [1.807, 2.05) is 0 Å². The lowest BCUT2D eigenvalue weighted by molar-refractivity contribution is -0.0422. The molecule has 0 aromatic carbocycles. The average Bonchev–Trinajstić information content (AvgIpc) is 2.87. The smallest absolute Gasteiger partial charge is 0.0746 e. The summed E-state index contributed by atoms with van der Waals surface area (Å²) in [5.41, 5.74) is 0.144. The van der Waals surface area contributed by atoms with E-state index in [0.29, 0.717) is 5.92 Å². The largest absolute Gasteiger partial charge is 0.391 e. The highest BCUT2D eigenvalue weighted by atomic mass is 16.3. The lowest BCUT2D eigenvalue weighted by Gasteiger charge is -2.44. The summed E-state index contributed by atoms with van der Waals surface area (Å²) in [5.74, 6) is 0.392. The van der Waals surface area contributed by atoms with Gasteiger partial charge in [-0.2, -0.15) is 0 Å². The summed E-state index contributed by atoms with van der Waals surface area (Å²) in [5, 5.41) is 10.5. The molecular formula is C13H25NO. The summed E-state index contributed by atoms with van der Waals surface area (Å²) in [6.45, 7) is 6.73. The predicted octanol–water partition coefficient (Wildman–Crippen LogP) is 2.41. The third kappa shape index (κ3) is 1.94. The Bertz CT molecular complexity index is 199. The van der Waals surface area contributed by atoms with E-state index < -0.39 is 0 Å². The van der Waals surface area contributed by atoms with Crippen LogP contribution in [0.1, 0.15) is 52.4 Å². The molecule has 2 nitrogen and oxygen atoms in total. The Morgan fingerprint density at radius 1 is 1.00 bits per heavy atom. The zero-order valence-electron chi connectivity index (χ0n) is 10.2. The number of likely N-dealkylation sites (tertiary alicyclic amines) is 1. The molecule has 88 valence electrons. The van der Waals surface area contributed by atoms with Crippen LogP contribution in [0, 0.1) is 5.92 Å². The molecule has 0 aromatic rings. The summed E-state index contributed by atoms with van der Waals surface area (Å²) < 4.78 is 0. The maximum absolute atomic E-state index is 10.5. The van der Waals surface area contributed by atoms with Gasteiger partial charge in [0.05, 0.1) is 6.10 Å². The molecule has 0 bridgehead atoms. The molecule has 1 saturated carbocycles. The molecule has 15 heavy (non-hydrogen) atoms. The highest BCUT2D eigenvalue weighted by molar-refractivity contribution is 5.02. The third-order valence-electron chi connectivity index (χ3n) is 4.39. The Hall–Kier alpha value is -0.0800. The fraction of sp³-hybridized carbons (Fsp3) is 1.00. The quantitative estimate of drug-likeness (QED) is 0.775. The molecular weight excluding hydrogens is 186 g/mol. The van der Waals surface area contributed by atoms with Crippen LogP contribution < -0.4 is 0 Å². The lowest BCUT2D eigenvalue weighted by atomic mass is 9.82. The molecule has 1 aliphatic carbocycles. The van der Waals surface area contributed by atoms with Gasteiger partial charge in [0.1, 0.15) is 0 Å². The monoisotopic (exact) mass is 211 g/mol. The van der Waals surface area contributed by atoms with Crippen LogP contribution in [-0.2, 0) is 0 Å². The van der Waals surface area contributed by atoms with Crippen LogP contribution in [0.4, 0.5) is 0 Å². The van der Waals surface area contributed by atoms with E-state index in [-0.39, 0.29) is 11.6 Å². The zero-order valence-corrected chi connectivity index (χ0v) is 10.2. The first-order chi connectivity index (χ1) is 7.17. The van der Waals surface area contributed by atoms with Crippen LogP contribution >= 0.6 is 0 Å². The molecule has 2 aliphatic rings. The van der Waals surface area contributed by atoms with E-state index >= 15 is 0 Å². The molecule has 2 heteroatoms. The van der Waals surface area contributed by atoms with Gasteiger partial charge in [-0.15, -0.1) is 0 Å². The minimum absolute atomic E-state index is 0.127. The Labute approximate surface area is 93.7 Å². The van der Waals surface area contributed by atoms with Gasteiger partial charge >= 0.3 is 0 Å². The van der Waals surface area contributed by atoms with Gasteiger partial charge in [-0.3, -0.25) is 4.90 Å². The first-order valence-corrected chi connectivity index (χ1v) is 6.60. The maximum atomic E-state index is 10.5. The predicted molar refractivity (Wildman–Crippen MR) is 62.9 cm³/mol. The van der Waals surface area contributed by atoms with Gasteiger partial charge in [-0.1, -0.05) is 26.7 Å². The number of aliphatic hydroxyl groups excluding tert-OH is 1. The molecule has 2 fully saturated rings. The maximum Gasteiger partial charge on any atom is 0.0746 e. The average molecular weight is 211 g/mol. The van der Waals surface area contributed by atoms with Crippen LogP contribution in [0.25, 0.3) is 0 Å². The molecule has 1 atom stereocenters. The summed E-state index contributed by atoms with van der Waals surface area (Å²) in [6.07, 6.45) is 7.57. The van der Waals surface area contributed by atoms with Crippen molar-refractivity contribution in [3.8, 4) is 0 Å². The summed E-state index contributed by atoms with van der Waals surface area (Å²) in [7, 11) is 0. The minimum Gasteiger partial charge on any atom is -0.391 e. The number of aliphatic hydroxyl groups is 1. The van der Waals surface area contributed by atoms with Gasteiger partial charge in [-0.05, 0) is 44.7 Å². The zero-order chi connectivity index (χ0) is 10.9. The van der Waals surface area contributed by atoms with Crippen molar-refractivity contribution in [2.75, 3.05) is 13.1 Å². The fourth-order valence-corrected chi connectivity index (χ4v) is 3.57. The number of rotatable bonds is 3. The molecule has 1 N–H and O–H groups in total. The van der Waals surface area contributed by atoms with Crippen molar-refractivity contribution in [1.29, 1.82) is 0 Å². The van der Waals surface area contributed by atoms with Crippen molar-refractivity contribution in [2.24, 2.45) is 5.92 Å². The van der Waals surface area contributed by atoms with E-state index in [1.165, 1.54) is 51.6 Å². The van der Waals surface area contributed by atoms with Gasteiger partial charge in [0.25, 0.3) is 0 Å². The van der Waals surface area contributed by atoms with Crippen molar-refractivity contribution in [2.45, 2.75) is 64.0 Å². The molecule has 2 rings (SSSR count). The Morgan fingerprint density at radius 3 is 2.00 bits per heavy atom. The minimum atomic E-state index is -0.127. The summed E-state index contributed by atoms with van der Waals surface area (Å²) in [4.78, 5) is 2.59. The van der Waals surface area contributed by atoms with Crippen molar-refractivity contribution < 1.29 is 5.11 Å². The van der Waals surface area contributed by atoms with E-state index in [0.717, 1.165) is 0 Å². The normalized spacial score (nSPS) is 28.8. The summed E-state index contributed by atoms with van der Waals surface area (Å²) in [6, 6.07) is 0. The van der Waals surface area contributed by atoms with Crippen molar-refractivity contribution in [3.63, 3.8) is 0 Å². The Kier molecular flexibility index (Phi) is 3.36. The van der Waals surface area contributed by atoms with Crippen molar-refractivity contribution >= 4 is 0 Å². The van der Waals surface area contributed by atoms with E-state index in [1.54, 1.807) is 0 Å². The highest BCUT2D eigenvalue weighted by Crippen LogP contribution is 2.41. The molecule has 1 aliphatic heterocycles. The Morgan fingerprint density at radius 2 is 1.53 bits per heavy atom. The first-order valence-electron chi connectivity index (χ1n) is 6.60. The second-order valence-electron chi connectivity index (χ2n) is 5.69. The molecule has 1 heterocycles. The third-order valence-corrected chi connectivity index (χ3v) is 4.39. The van der Waals surface area contributed by atoms with E-state index in [9.17, 15) is 5.11 Å². The topological polar surface area (TPSA) is 23.5 Å². The molecule has 0 amide bonds. The second-order valence-corrected chi connectivity index (χ2v) is 5.69. The van der Waals surface area contributed by atoms with Crippen LogP contribution in [0.2, 0.25) is 0 Å². The van der Waals surface area contributed by atoms with E-state index in [2.05, 4.69) is 18.7 Å². The lowest BCUT2D eigenvalue weighted by Crippen LogP contribution is -2.55. The Balaban J connectivity index is 2.15. The molecule has 1 unspecified atom stereocenters. The summed E-state index contributed by atoms with van der Waals surface area (Å²) >= 11 is 0. The van der Waals surface area contributed by atoms with E-state index in [4.69, 9.17) is 0 Å². The van der Waals surface area contributed by atoms with Crippen LogP contribution in [0.3, 0.4) is 0 Å². The molecule has 1 saturated heterocycles. The standard InChI is InChI=1S/C13H25NO/c1-11(2)12(15)13(7-3-4-8-13)14-9-5-6-10-14/h11-12,15H,3-10H2,1-2H3. The van der Waals surface area contributed by atoms with Gasteiger partial charge < -0.3 is 5.11 Å². The van der Waals surface area contributed by atoms with Crippen LogP contribution in [0.15, 0.2) is 0 Å². The van der Waals surface area contributed by atoms with Crippen molar-refractivity contribution in [1.82, 2.24) is 4.90 Å². The van der Waals surface area contributed by atoms with Gasteiger partial charge in [-0.25, -0.2) is 0 Å². The fourth-order valence-electron chi connectivity index (χ4n) is 3.57. The van der Waals surface area contributed by atoms with Gasteiger partial charge in [0, 0.05) is 5.54 Å². The number of hydrogen-bond donors (Lipinski definition) is 1. The SMILES string of the molecule is CC(C)C(O)C1(N2CCCC2)CCCC1. The molecule has 0 spiro atoms. The first kappa shape index (κ1) is 11.4. The highest BCUT2D eigenvalue weighted by Gasteiger charge is 2.46.